The molecule has 0 aromatic carbocycles. The fraction of sp³-hybridized carbons (Fsp3) is 1.00. The third-order valence-corrected chi connectivity index (χ3v) is 3.03. The van der Waals surface area contributed by atoms with Gasteiger partial charge in [-0.1, -0.05) is 22.6 Å². The lowest BCUT2D eigenvalue weighted by molar-refractivity contribution is 0.271. The van der Waals surface area contributed by atoms with Crippen LogP contribution < -0.4 is 0 Å². The Hall–Kier alpha value is 0.690. The molecule has 1 fully saturated rings. The maximum atomic E-state index is 2.61. The monoisotopic (exact) mass is 253 g/mol. The molecule has 0 amide bonds. The van der Waals surface area contributed by atoms with Crippen molar-refractivity contribution in [2.24, 2.45) is 0 Å². The van der Waals surface area contributed by atoms with Crippen molar-refractivity contribution < 1.29 is 0 Å². The van der Waals surface area contributed by atoms with Gasteiger partial charge in [0.05, 0.1) is 0 Å². The van der Waals surface area contributed by atoms with E-state index in [1.54, 1.807) is 0 Å². The Morgan fingerprint density at radius 2 is 2.40 bits per heavy atom. The molecule has 0 bridgehead atoms. The van der Waals surface area contributed by atoms with Crippen molar-refractivity contribution in [2.75, 3.05) is 17.5 Å². The highest BCUT2D eigenvalue weighted by Crippen LogP contribution is 2.16. The van der Waals surface area contributed by atoms with Crippen LogP contribution in [0.3, 0.4) is 0 Å². The molecule has 1 saturated heterocycles. The molecule has 0 aliphatic carbocycles. The summed E-state index contributed by atoms with van der Waals surface area (Å²) in [5, 5.41) is 0. The Kier molecular flexibility index (Phi) is 3.99. The van der Waals surface area contributed by atoms with Crippen LogP contribution in [-0.2, 0) is 0 Å². The van der Waals surface area contributed by atoms with E-state index < -0.39 is 0 Å². The van der Waals surface area contributed by atoms with Gasteiger partial charge in [0.2, 0.25) is 0 Å². The van der Waals surface area contributed by atoms with E-state index in [1.807, 2.05) is 0 Å². The van der Waals surface area contributed by atoms with Gasteiger partial charge >= 0.3 is 0 Å². The number of nitrogens with zero attached hydrogens (tertiary/aromatic N) is 1. The predicted octanol–water partition coefficient (Wildman–Crippen LogP) is 2.30. The highest BCUT2D eigenvalue weighted by Gasteiger charge is 2.18. The van der Waals surface area contributed by atoms with E-state index in [9.17, 15) is 0 Å². The zero-order valence-electron chi connectivity index (χ0n) is 6.65. The molecule has 60 valence electrons. The summed E-state index contributed by atoms with van der Waals surface area (Å²) in [4.78, 5) is 2.61. The number of halogens is 1. The number of likely N-dealkylation sites (tertiary alicyclic amines) is 1. The van der Waals surface area contributed by atoms with E-state index >= 15 is 0 Å². The van der Waals surface area contributed by atoms with Gasteiger partial charge in [0.1, 0.15) is 0 Å². The van der Waals surface area contributed by atoms with Crippen molar-refractivity contribution in [1.29, 1.82) is 0 Å². The largest absolute Gasteiger partial charge is 0.301 e. The molecule has 1 atom stereocenters. The quantitative estimate of drug-likeness (QED) is 0.551. The lowest BCUT2D eigenvalue weighted by Crippen LogP contribution is -2.27. The Balaban J connectivity index is 2.14. The zero-order valence-corrected chi connectivity index (χ0v) is 8.80. The maximum Gasteiger partial charge on any atom is 0.00674 e. The molecular formula is C8H16IN. The molecule has 10 heavy (non-hydrogen) atoms. The van der Waals surface area contributed by atoms with Crippen molar-refractivity contribution in [3.8, 4) is 0 Å². The second-order valence-electron chi connectivity index (χ2n) is 3.07. The molecule has 0 N–H and O–H groups in total. The van der Waals surface area contributed by atoms with Gasteiger partial charge in [-0.2, -0.15) is 0 Å². The van der Waals surface area contributed by atoms with Gasteiger partial charge in [-0.25, -0.2) is 0 Å². The van der Waals surface area contributed by atoms with Gasteiger partial charge in [-0.15, -0.1) is 0 Å². The van der Waals surface area contributed by atoms with E-state index in [4.69, 9.17) is 0 Å². The average Bonchev–Trinajstić information content (AvgIpc) is 2.31. The first-order valence-electron chi connectivity index (χ1n) is 4.14. The van der Waals surface area contributed by atoms with Crippen LogP contribution in [0.2, 0.25) is 0 Å². The Morgan fingerprint density at radius 3 is 2.90 bits per heavy atom. The fourth-order valence-electron chi connectivity index (χ4n) is 1.59. The fourth-order valence-corrected chi connectivity index (χ4v) is 1.93. The summed E-state index contributed by atoms with van der Waals surface area (Å²) in [5.41, 5.74) is 0. The Bertz CT molecular complexity index is 95.3. The first-order chi connectivity index (χ1) is 4.84. The van der Waals surface area contributed by atoms with E-state index in [0.717, 1.165) is 6.04 Å². The van der Waals surface area contributed by atoms with Crippen molar-refractivity contribution in [3.05, 3.63) is 0 Å². The topological polar surface area (TPSA) is 3.24 Å². The molecule has 2 heteroatoms. The molecule has 1 rings (SSSR count). The molecule has 1 aliphatic heterocycles. The third kappa shape index (κ3) is 2.38. The minimum absolute atomic E-state index is 0.864. The minimum Gasteiger partial charge on any atom is -0.301 e. The highest BCUT2D eigenvalue weighted by atomic mass is 127. The highest BCUT2D eigenvalue weighted by molar-refractivity contribution is 14.1. The third-order valence-electron chi connectivity index (χ3n) is 2.27. The van der Waals surface area contributed by atoms with Crippen LogP contribution >= 0.6 is 22.6 Å². The van der Waals surface area contributed by atoms with Crippen LogP contribution in [0.25, 0.3) is 0 Å². The maximum absolute atomic E-state index is 2.61. The minimum atomic E-state index is 0.864. The van der Waals surface area contributed by atoms with Gasteiger partial charge in [-0.05, 0) is 39.3 Å². The zero-order chi connectivity index (χ0) is 7.40. The average molecular weight is 253 g/mol. The van der Waals surface area contributed by atoms with Crippen molar-refractivity contribution in [1.82, 2.24) is 4.90 Å². The molecule has 0 radical (unpaired) electrons. The number of alkyl halides is 1. The summed E-state index contributed by atoms with van der Waals surface area (Å²) in [7, 11) is 0. The number of hydrogen-bond acceptors (Lipinski definition) is 1. The van der Waals surface area contributed by atoms with E-state index in [1.165, 1.54) is 36.8 Å². The smallest absolute Gasteiger partial charge is 0.00674 e. The van der Waals surface area contributed by atoms with E-state index in [2.05, 4.69) is 34.4 Å². The number of hydrogen-bond donors (Lipinski definition) is 0. The first-order valence-corrected chi connectivity index (χ1v) is 5.67. The first kappa shape index (κ1) is 8.78. The van der Waals surface area contributed by atoms with E-state index in [-0.39, 0.29) is 0 Å². The molecule has 1 unspecified atom stereocenters. The second-order valence-corrected chi connectivity index (χ2v) is 4.15. The Morgan fingerprint density at radius 1 is 1.60 bits per heavy atom. The molecule has 0 aromatic heterocycles. The van der Waals surface area contributed by atoms with Crippen LogP contribution in [0.15, 0.2) is 0 Å². The lowest BCUT2D eigenvalue weighted by atomic mass is 10.2. The van der Waals surface area contributed by atoms with Crippen molar-refractivity contribution in [3.63, 3.8) is 0 Å². The summed E-state index contributed by atoms with van der Waals surface area (Å²) in [6.07, 6.45) is 4.20. The molecular weight excluding hydrogens is 237 g/mol. The summed E-state index contributed by atoms with van der Waals surface area (Å²) in [6.45, 7) is 5.02. The van der Waals surface area contributed by atoms with Gasteiger partial charge in [0.15, 0.2) is 0 Å². The lowest BCUT2D eigenvalue weighted by Gasteiger charge is -2.19. The van der Waals surface area contributed by atoms with Crippen LogP contribution in [0.4, 0.5) is 0 Å². The summed E-state index contributed by atoms with van der Waals surface area (Å²) >= 11 is 2.45. The van der Waals surface area contributed by atoms with Gasteiger partial charge in [0, 0.05) is 10.5 Å². The van der Waals surface area contributed by atoms with E-state index in [0.29, 0.717) is 0 Å². The summed E-state index contributed by atoms with van der Waals surface area (Å²) < 4.78 is 1.31. The van der Waals surface area contributed by atoms with Gasteiger partial charge < -0.3 is 4.90 Å². The standard InChI is InChI=1S/C8H16IN/c1-8-4-2-6-10(8)7-3-5-9/h8H,2-7H2,1H3. The molecule has 1 heterocycles. The number of rotatable bonds is 3. The van der Waals surface area contributed by atoms with Crippen LogP contribution in [0.1, 0.15) is 26.2 Å². The van der Waals surface area contributed by atoms with Gasteiger partial charge in [0.25, 0.3) is 0 Å². The molecule has 0 spiro atoms. The van der Waals surface area contributed by atoms with Gasteiger partial charge in [-0.3, -0.25) is 0 Å². The van der Waals surface area contributed by atoms with Crippen molar-refractivity contribution >= 4 is 22.6 Å². The molecule has 1 aliphatic rings. The molecule has 0 aromatic rings. The summed E-state index contributed by atoms with van der Waals surface area (Å²) in [6, 6.07) is 0.864. The predicted molar refractivity (Wildman–Crippen MR) is 53.8 cm³/mol. The SMILES string of the molecule is CC1CCCN1CCCI. The van der Waals surface area contributed by atoms with Crippen LogP contribution in [-0.4, -0.2) is 28.5 Å². The molecule has 1 nitrogen and oxygen atoms in total. The van der Waals surface area contributed by atoms with Crippen LogP contribution in [0.5, 0.6) is 0 Å². The van der Waals surface area contributed by atoms with Crippen LogP contribution in [0, 0.1) is 0 Å². The molecule has 0 saturated carbocycles. The Labute approximate surface area is 77.3 Å². The summed E-state index contributed by atoms with van der Waals surface area (Å²) in [5.74, 6) is 0. The normalized spacial score (nSPS) is 27.6. The van der Waals surface area contributed by atoms with Crippen molar-refractivity contribution in [2.45, 2.75) is 32.2 Å². The second kappa shape index (κ2) is 4.54.